The van der Waals surface area contributed by atoms with E-state index < -0.39 is 36.2 Å². The molecule has 0 unspecified atom stereocenters. The number of carbonyl (C=O) groups is 1. The van der Waals surface area contributed by atoms with Crippen LogP contribution in [0.1, 0.15) is 10.4 Å². The highest BCUT2D eigenvalue weighted by Crippen LogP contribution is 2.13. The van der Waals surface area contributed by atoms with Crippen LogP contribution in [0.5, 0.6) is 0 Å². The summed E-state index contributed by atoms with van der Waals surface area (Å²) in [7, 11) is 0. The molecule has 0 aliphatic rings. The predicted octanol–water partition coefficient (Wildman–Crippen LogP) is -0.960. The van der Waals surface area contributed by atoms with Crippen molar-refractivity contribution in [3.8, 4) is 0 Å². The first-order valence-corrected chi connectivity index (χ1v) is 5.37. The van der Waals surface area contributed by atoms with Gasteiger partial charge >= 0.3 is 0 Å². The predicted molar refractivity (Wildman–Crippen MR) is 64.6 cm³/mol. The van der Waals surface area contributed by atoms with Gasteiger partial charge in [0.25, 0.3) is 11.6 Å². The Bertz CT molecular complexity index is 446. The summed E-state index contributed by atoms with van der Waals surface area (Å²) in [6.45, 7) is -1.92. The van der Waals surface area contributed by atoms with Crippen molar-refractivity contribution in [1.82, 2.24) is 5.32 Å². The molecule has 8 heteroatoms. The van der Waals surface area contributed by atoms with E-state index in [9.17, 15) is 14.9 Å². The highest BCUT2D eigenvalue weighted by molar-refractivity contribution is 5.94. The van der Waals surface area contributed by atoms with Crippen molar-refractivity contribution in [2.75, 3.05) is 19.8 Å². The van der Waals surface area contributed by atoms with Crippen LogP contribution >= 0.6 is 0 Å². The third-order valence-electron chi connectivity index (χ3n) is 2.63. The van der Waals surface area contributed by atoms with Gasteiger partial charge in [0.2, 0.25) is 0 Å². The lowest BCUT2D eigenvalue weighted by molar-refractivity contribution is -0.384. The Balaban J connectivity index is 2.86. The molecule has 0 atom stereocenters. The summed E-state index contributed by atoms with van der Waals surface area (Å²) >= 11 is 0. The summed E-state index contributed by atoms with van der Waals surface area (Å²) in [6.07, 6.45) is 0. The van der Waals surface area contributed by atoms with Gasteiger partial charge in [0, 0.05) is 17.7 Å². The average Bonchev–Trinajstić information content (AvgIpc) is 2.45. The number of hydrogen-bond donors (Lipinski definition) is 4. The molecule has 8 nitrogen and oxygen atoms in total. The minimum absolute atomic E-state index is 0.116. The van der Waals surface area contributed by atoms with Gasteiger partial charge in [0.1, 0.15) is 5.54 Å². The first-order chi connectivity index (χ1) is 8.98. The number of rotatable bonds is 6. The van der Waals surface area contributed by atoms with Crippen molar-refractivity contribution in [2.24, 2.45) is 0 Å². The van der Waals surface area contributed by atoms with Crippen molar-refractivity contribution in [3.05, 3.63) is 39.9 Å². The van der Waals surface area contributed by atoms with E-state index in [-0.39, 0.29) is 11.3 Å². The zero-order chi connectivity index (χ0) is 14.5. The van der Waals surface area contributed by atoms with Gasteiger partial charge in [-0.15, -0.1) is 0 Å². The van der Waals surface area contributed by atoms with E-state index in [1.54, 1.807) is 0 Å². The monoisotopic (exact) mass is 270 g/mol. The minimum Gasteiger partial charge on any atom is -0.394 e. The zero-order valence-corrected chi connectivity index (χ0v) is 9.94. The average molecular weight is 270 g/mol. The van der Waals surface area contributed by atoms with Crippen LogP contribution in [0.15, 0.2) is 24.3 Å². The maximum absolute atomic E-state index is 11.8. The number of nitro groups is 1. The number of non-ortho nitro benzene ring substituents is 1. The summed E-state index contributed by atoms with van der Waals surface area (Å²) < 4.78 is 0. The maximum atomic E-state index is 11.8. The van der Waals surface area contributed by atoms with Crippen molar-refractivity contribution in [2.45, 2.75) is 5.54 Å². The molecule has 0 aliphatic heterocycles. The molecule has 0 radical (unpaired) electrons. The van der Waals surface area contributed by atoms with Crippen molar-refractivity contribution in [1.29, 1.82) is 0 Å². The minimum atomic E-state index is -1.53. The summed E-state index contributed by atoms with van der Waals surface area (Å²) in [5, 5.41) is 39.9. The van der Waals surface area contributed by atoms with Crippen LogP contribution in [-0.4, -0.2) is 51.5 Å². The van der Waals surface area contributed by atoms with Gasteiger partial charge in [-0.2, -0.15) is 0 Å². The number of nitro benzene ring substituents is 1. The Kier molecular flexibility index (Phi) is 4.93. The Morgan fingerprint density at radius 1 is 1.16 bits per heavy atom. The summed E-state index contributed by atoms with van der Waals surface area (Å²) in [5.74, 6) is -0.660. The number of carbonyl (C=O) groups excluding carboxylic acids is 1. The number of aliphatic hydroxyl groups excluding tert-OH is 3. The van der Waals surface area contributed by atoms with Gasteiger partial charge < -0.3 is 20.6 Å². The lowest BCUT2D eigenvalue weighted by atomic mass is 10.0. The lowest BCUT2D eigenvalue weighted by Crippen LogP contribution is -2.57. The Hall–Kier alpha value is -2.03. The molecule has 1 aromatic carbocycles. The number of aliphatic hydroxyl groups is 3. The van der Waals surface area contributed by atoms with Gasteiger partial charge in [-0.25, -0.2) is 0 Å². The molecule has 0 heterocycles. The van der Waals surface area contributed by atoms with E-state index in [4.69, 9.17) is 15.3 Å². The Morgan fingerprint density at radius 3 is 2.00 bits per heavy atom. The standard InChI is InChI=1S/C11H14N2O6/c14-5-11(6-15,7-16)12-10(17)8-1-3-9(4-2-8)13(18)19/h1-4,14-16H,5-7H2,(H,12,17). The Morgan fingerprint density at radius 2 is 1.63 bits per heavy atom. The molecule has 4 N–H and O–H groups in total. The van der Waals surface area contributed by atoms with E-state index in [0.717, 1.165) is 12.1 Å². The summed E-state index contributed by atoms with van der Waals surface area (Å²) in [6, 6.07) is 4.80. The molecule has 1 aromatic rings. The van der Waals surface area contributed by atoms with Crippen molar-refractivity contribution >= 4 is 11.6 Å². The molecule has 19 heavy (non-hydrogen) atoms. The number of amides is 1. The van der Waals surface area contributed by atoms with Crippen LogP contribution in [0.3, 0.4) is 0 Å². The molecule has 0 saturated heterocycles. The van der Waals surface area contributed by atoms with Crippen LogP contribution in [0.4, 0.5) is 5.69 Å². The fraction of sp³-hybridized carbons (Fsp3) is 0.364. The maximum Gasteiger partial charge on any atom is 0.269 e. The highest BCUT2D eigenvalue weighted by Gasteiger charge is 2.30. The van der Waals surface area contributed by atoms with E-state index in [1.165, 1.54) is 12.1 Å². The fourth-order valence-corrected chi connectivity index (χ4v) is 1.32. The van der Waals surface area contributed by atoms with Crippen molar-refractivity contribution < 1.29 is 25.0 Å². The Labute approximate surface area is 108 Å². The second-order valence-corrected chi connectivity index (χ2v) is 4.01. The normalized spacial score (nSPS) is 11.1. The van der Waals surface area contributed by atoms with Gasteiger partial charge in [0.15, 0.2) is 0 Å². The third kappa shape index (κ3) is 3.47. The number of benzene rings is 1. The molecule has 0 aliphatic carbocycles. The molecule has 104 valence electrons. The second kappa shape index (κ2) is 6.23. The molecule has 0 spiro atoms. The topological polar surface area (TPSA) is 133 Å². The SMILES string of the molecule is O=C(NC(CO)(CO)CO)c1ccc([N+](=O)[O-])cc1. The van der Waals surface area contributed by atoms with Crippen LogP contribution < -0.4 is 5.32 Å². The van der Waals surface area contributed by atoms with E-state index in [2.05, 4.69) is 5.32 Å². The molecular weight excluding hydrogens is 256 g/mol. The fourth-order valence-electron chi connectivity index (χ4n) is 1.32. The lowest BCUT2D eigenvalue weighted by Gasteiger charge is -2.28. The number of nitrogens with one attached hydrogen (secondary N) is 1. The van der Waals surface area contributed by atoms with Crippen LogP contribution in [0.25, 0.3) is 0 Å². The molecule has 1 rings (SSSR count). The first-order valence-electron chi connectivity index (χ1n) is 5.37. The molecule has 0 fully saturated rings. The molecular formula is C11H14N2O6. The van der Waals surface area contributed by atoms with Crippen LogP contribution in [0.2, 0.25) is 0 Å². The zero-order valence-electron chi connectivity index (χ0n) is 9.94. The molecule has 0 saturated carbocycles. The molecule has 0 aromatic heterocycles. The quantitative estimate of drug-likeness (QED) is 0.388. The molecule has 0 bridgehead atoms. The summed E-state index contributed by atoms with van der Waals surface area (Å²) in [4.78, 5) is 21.7. The van der Waals surface area contributed by atoms with Gasteiger partial charge in [-0.05, 0) is 12.1 Å². The van der Waals surface area contributed by atoms with Gasteiger partial charge in [0.05, 0.1) is 24.7 Å². The number of hydrogen-bond acceptors (Lipinski definition) is 6. The van der Waals surface area contributed by atoms with Crippen LogP contribution in [0, 0.1) is 10.1 Å². The number of nitrogens with zero attached hydrogens (tertiary/aromatic N) is 1. The van der Waals surface area contributed by atoms with Gasteiger partial charge in [-0.3, -0.25) is 14.9 Å². The van der Waals surface area contributed by atoms with Crippen LogP contribution in [-0.2, 0) is 0 Å². The first kappa shape index (κ1) is 15.0. The third-order valence-corrected chi connectivity index (χ3v) is 2.63. The van der Waals surface area contributed by atoms with E-state index in [1.807, 2.05) is 0 Å². The van der Waals surface area contributed by atoms with Crippen molar-refractivity contribution in [3.63, 3.8) is 0 Å². The van der Waals surface area contributed by atoms with E-state index >= 15 is 0 Å². The van der Waals surface area contributed by atoms with E-state index in [0.29, 0.717) is 0 Å². The summed E-state index contributed by atoms with van der Waals surface area (Å²) in [5.41, 5.74) is -1.57. The highest BCUT2D eigenvalue weighted by atomic mass is 16.6. The van der Waals surface area contributed by atoms with Gasteiger partial charge in [-0.1, -0.05) is 0 Å². The largest absolute Gasteiger partial charge is 0.394 e. The smallest absolute Gasteiger partial charge is 0.269 e. The second-order valence-electron chi connectivity index (χ2n) is 4.01. The molecule has 1 amide bonds.